The van der Waals surface area contributed by atoms with E-state index in [-0.39, 0.29) is 36.9 Å². The van der Waals surface area contributed by atoms with Crippen molar-refractivity contribution in [1.29, 1.82) is 0 Å². The molecule has 0 bridgehead atoms. The zero-order valence-corrected chi connectivity index (χ0v) is 18.0. The fraction of sp³-hybridized carbons (Fsp3) is 0.632. The maximum atomic E-state index is 13.0. The molecule has 11 heteroatoms. The third-order valence-electron chi connectivity index (χ3n) is 4.87. The van der Waals surface area contributed by atoms with Crippen LogP contribution in [0.1, 0.15) is 27.2 Å². The molecule has 8 nitrogen and oxygen atoms in total. The number of hydrogen-bond donors (Lipinski definition) is 0. The maximum Gasteiger partial charge on any atom is 0.410 e. The number of amides is 1. The smallest absolute Gasteiger partial charge is 0.410 e. The van der Waals surface area contributed by atoms with Crippen molar-refractivity contribution in [2.75, 3.05) is 32.8 Å². The number of sulfonamides is 1. The minimum Gasteiger partial charge on any atom is -0.444 e. The van der Waals surface area contributed by atoms with Crippen LogP contribution in [0, 0.1) is 0 Å². The summed E-state index contributed by atoms with van der Waals surface area (Å²) in [7, 11) is -3.86. The number of carbonyl (C=O) groups excluding carboxylic acids is 1. The van der Waals surface area contributed by atoms with Crippen molar-refractivity contribution in [3.8, 4) is 5.75 Å². The molecule has 2 aliphatic heterocycles. The van der Waals surface area contributed by atoms with Crippen LogP contribution in [0.25, 0.3) is 0 Å². The summed E-state index contributed by atoms with van der Waals surface area (Å²) < 4.78 is 67.5. The van der Waals surface area contributed by atoms with E-state index in [2.05, 4.69) is 4.74 Å². The van der Waals surface area contributed by atoms with Gasteiger partial charge in [-0.1, -0.05) is 0 Å². The molecule has 0 radical (unpaired) electrons. The minimum absolute atomic E-state index is 0.0249. The molecule has 1 atom stereocenters. The lowest BCUT2D eigenvalue weighted by Crippen LogP contribution is -2.55. The van der Waals surface area contributed by atoms with E-state index in [0.29, 0.717) is 13.0 Å². The molecular formula is C19H26F2N2O6S. The second kappa shape index (κ2) is 8.27. The maximum absolute atomic E-state index is 13.0. The van der Waals surface area contributed by atoms with Crippen LogP contribution in [-0.4, -0.2) is 74.3 Å². The molecule has 1 amide bonds. The number of hydrogen-bond acceptors (Lipinski definition) is 6. The van der Waals surface area contributed by atoms with Gasteiger partial charge in [0.25, 0.3) is 0 Å². The highest BCUT2D eigenvalue weighted by Crippen LogP contribution is 2.33. The number of rotatable bonds is 4. The van der Waals surface area contributed by atoms with Gasteiger partial charge in [-0.05, 0) is 51.5 Å². The molecule has 2 fully saturated rings. The van der Waals surface area contributed by atoms with Gasteiger partial charge in [-0.2, -0.15) is 13.1 Å². The summed E-state index contributed by atoms with van der Waals surface area (Å²) in [6, 6.07) is 4.85. The predicted octanol–water partition coefficient (Wildman–Crippen LogP) is 2.69. The number of nitrogens with zero attached hydrogens (tertiary/aromatic N) is 2. The van der Waals surface area contributed by atoms with E-state index in [4.69, 9.17) is 9.47 Å². The topological polar surface area (TPSA) is 85.4 Å². The van der Waals surface area contributed by atoms with Crippen molar-refractivity contribution >= 4 is 16.1 Å². The van der Waals surface area contributed by atoms with Gasteiger partial charge in [0.1, 0.15) is 17.0 Å². The van der Waals surface area contributed by atoms with Gasteiger partial charge in [-0.3, -0.25) is 0 Å². The SMILES string of the molecule is CC(C)(C)OC(=O)N1CCC2(C1)CN(S(=O)(=O)c1ccc(OC(F)F)cc1)CCO2. The molecule has 0 aromatic heterocycles. The van der Waals surface area contributed by atoms with Crippen molar-refractivity contribution in [2.45, 2.75) is 49.9 Å². The Morgan fingerprint density at radius 1 is 1.17 bits per heavy atom. The number of morpholine rings is 1. The van der Waals surface area contributed by atoms with E-state index in [1.807, 2.05) is 0 Å². The first-order valence-electron chi connectivity index (χ1n) is 9.57. The molecule has 1 unspecified atom stereocenters. The van der Waals surface area contributed by atoms with Crippen LogP contribution in [0.3, 0.4) is 0 Å². The van der Waals surface area contributed by atoms with Gasteiger partial charge in [-0.15, -0.1) is 0 Å². The fourth-order valence-electron chi connectivity index (χ4n) is 3.53. The first kappa shape index (κ1) is 22.7. The first-order valence-corrected chi connectivity index (χ1v) is 11.0. The molecule has 1 spiro atoms. The third-order valence-corrected chi connectivity index (χ3v) is 6.73. The Bertz CT molecular complexity index is 872. The van der Waals surface area contributed by atoms with E-state index in [9.17, 15) is 22.0 Å². The summed E-state index contributed by atoms with van der Waals surface area (Å²) in [5.74, 6) is -0.119. The molecule has 2 saturated heterocycles. The monoisotopic (exact) mass is 448 g/mol. The third kappa shape index (κ3) is 5.19. The molecule has 30 heavy (non-hydrogen) atoms. The Morgan fingerprint density at radius 3 is 2.43 bits per heavy atom. The van der Waals surface area contributed by atoms with Crippen molar-refractivity contribution in [3.05, 3.63) is 24.3 Å². The zero-order valence-electron chi connectivity index (χ0n) is 17.1. The Kier molecular flexibility index (Phi) is 6.26. The number of alkyl halides is 2. The lowest BCUT2D eigenvalue weighted by atomic mass is 10.0. The summed E-state index contributed by atoms with van der Waals surface area (Å²) >= 11 is 0. The van der Waals surface area contributed by atoms with Gasteiger partial charge >= 0.3 is 12.7 Å². The van der Waals surface area contributed by atoms with Crippen LogP contribution in [0.4, 0.5) is 13.6 Å². The predicted molar refractivity (Wildman–Crippen MR) is 103 cm³/mol. The highest BCUT2D eigenvalue weighted by atomic mass is 32.2. The van der Waals surface area contributed by atoms with Crippen molar-refractivity contribution in [2.24, 2.45) is 0 Å². The van der Waals surface area contributed by atoms with Crippen LogP contribution >= 0.6 is 0 Å². The molecule has 0 saturated carbocycles. The van der Waals surface area contributed by atoms with Gasteiger partial charge in [0, 0.05) is 19.6 Å². The van der Waals surface area contributed by atoms with Gasteiger partial charge < -0.3 is 19.1 Å². The first-order chi connectivity index (χ1) is 13.9. The minimum atomic E-state index is -3.86. The highest BCUT2D eigenvalue weighted by Gasteiger charge is 2.47. The van der Waals surface area contributed by atoms with E-state index in [0.717, 1.165) is 0 Å². The molecular weight excluding hydrogens is 422 g/mol. The summed E-state index contributed by atoms with van der Waals surface area (Å²) in [6.07, 6.45) is 0.0250. The molecule has 1 aromatic carbocycles. The Labute approximate surface area is 174 Å². The van der Waals surface area contributed by atoms with Crippen LogP contribution in [0.2, 0.25) is 0 Å². The Morgan fingerprint density at radius 2 is 1.83 bits per heavy atom. The second-order valence-corrected chi connectivity index (χ2v) is 10.3. The van der Waals surface area contributed by atoms with Crippen molar-refractivity contribution < 1.29 is 36.2 Å². The van der Waals surface area contributed by atoms with Gasteiger partial charge in [0.2, 0.25) is 10.0 Å². The summed E-state index contributed by atoms with van der Waals surface area (Å²) in [4.78, 5) is 13.8. The number of benzene rings is 1. The van der Waals surface area contributed by atoms with Crippen molar-refractivity contribution in [1.82, 2.24) is 9.21 Å². The van der Waals surface area contributed by atoms with E-state index >= 15 is 0 Å². The van der Waals surface area contributed by atoms with Crippen LogP contribution in [0.15, 0.2) is 29.2 Å². The van der Waals surface area contributed by atoms with Gasteiger partial charge in [0.15, 0.2) is 0 Å². The average molecular weight is 448 g/mol. The standard InChI is InChI=1S/C19H26F2N2O6S/c1-18(2,3)29-17(24)22-9-8-19(12-22)13-23(10-11-27-19)30(25,26)15-6-4-14(5-7-15)28-16(20)21/h4-7,16H,8-13H2,1-3H3. The average Bonchev–Trinajstić information content (AvgIpc) is 3.04. The fourth-order valence-corrected chi connectivity index (χ4v) is 5.03. The van der Waals surface area contributed by atoms with E-state index in [1.165, 1.54) is 33.5 Å². The summed E-state index contributed by atoms with van der Waals surface area (Å²) in [6.45, 7) is 3.42. The van der Waals surface area contributed by atoms with Crippen LogP contribution in [-0.2, 0) is 19.5 Å². The van der Waals surface area contributed by atoms with Crippen LogP contribution in [0.5, 0.6) is 5.75 Å². The zero-order chi connectivity index (χ0) is 22.2. The molecule has 0 N–H and O–H groups in total. The Hall–Kier alpha value is -1.98. The molecule has 2 heterocycles. The normalized spacial score (nSPS) is 23.2. The van der Waals surface area contributed by atoms with E-state index in [1.54, 1.807) is 20.8 Å². The quantitative estimate of drug-likeness (QED) is 0.704. The molecule has 1 aromatic rings. The largest absolute Gasteiger partial charge is 0.444 e. The molecule has 0 aliphatic carbocycles. The lowest BCUT2D eigenvalue weighted by Gasteiger charge is -2.39. The molecule has 2 aliphatic rings. The Balaban J connectivity index is 1.70. The number of halogens is 2. The lowest BCUT2D eigenvalue weighted by molar-refractivity contribution is -0.0813. The van der Waals surface area contributed by atoms with E-state index < -0.39 is 33.9 Å². The molecule has 168 valence electrons. The van der Waals surface area contributed by atoms with Gasteiger partial charge in [0.05, 0.1) is 18.0 Å². The highest BCUT2D eigenvalue weighted by molar-refractivity contribution is 7.89. The van der Waals surface area contributed by atoms with Crippen LogP contribution < -0.4 is 4.74 Å². The van der Waals surface area contributed by atoms with Gasteiger partial charge in [-0.25, -0.2) is 13.2 Å². The van der Waals surface area contributed by atoms with Crippen molar-refractivity contribution in [3.63, 3.8) is 0 Å². The number of carbonyl (C=O) groups is 1. The summed E-state index contributed by atoms with van der Waals surface area (Å²) in [5, 5.41) is 0. The summed E-state index contributed by atoms with van der Waals surface area (Å²) in [5.41, 5.74) is -1.43. The number of likely N-dealkylation sites (tertiary alicyclic amines) is 1. The second-order valence-electron chi connectivity index (χ2n) is 8.37. The number of ether oxygens (including phenoxy) is 3. The molecule has 3 rings (SSSR count).